The first-order valence-electron chi connectivity index (χ1n) is 13.2. The second-order valence-corrected chi connectivity index (χ2v) is 12.7. The smallest absolute Gasteiger partial charge is 0.0638 e. The van der Waals surface area contributed by atoms with E-state index >= 15 is 0 Å². The number of rotatable bonds is 5. The molecule has 0 bridgehead atoms. The molecule has 31 heavy (non-hydrogen) atoms. The van der Waals surface area contributed by atoms with Gasteiger partial charge in [0.25, 0.3) is 0 Å². The van der Waals surface area contributed by atoms with Gasteiger partial charge in [0.2, 0.25) is 0 Å². The third-order valence-electron chi connectivity index (χ3n) is 12.1. The maximum absolute atomic E-state index is 6.29. The molecule has 1 aromatic rings. The first-order valence-corrected chi connectivity index (χ1v) is 13.2. The topological polar surface area (TPSA) is 35.0 Å². The van der Waals surface area contributed by atoms with Crippen molar-refractivity contribution in [2.24, 2.45) is 51.8 Å². The van der Waals surface area contributed by atoms with Crippen molar-refractivity contribution in [3.05, 3.63) is 24.0 Å². The number of methoxy groups -OCH3 is 1. The Balaban J connectivity index is 1.22. The fraction of sp³-hybridized carbons (Fsp3) is 0.857. The maximum Gasteiger partial charge on any atom is 0.0638 e. The summed E-state index contributed by atoms with van der Waals surface area (Å²) in [5.74, 6) is 5.40. The van der Waals surface area contributed by atoms with Gasteiger partial charge in [0.1, 0.15) is 0 Å². The van der Waals surface area contributed by atoms with Crippen molar-refractivity contribution in [3.8, 4) is 0 Å². The number of ether oxygens (including phenoxy) is 1. The third-order valence-corrected chi connectivity index (χ3v) is 12.1. The normalized spacial score (nSPS) is 50.8. The van der Waals surface area contributed by atoms with E-state index in [1.165, 1.54) is 57.8 Å². The summed E-state index contributed by atoms with van der Waals surface area (Å²) in [5, 5.41) is 8.41. The molecule has 0 aliphatic heterocycles. The van der Waals surface area contributed by atoms with Gasteiger partial charge in [0, 0.05) is 18.7 Å². The molecule has 5 aliphatic carbocycles. The number of fused-ring (bicyclic) bond motifs is 4. The van der Waals surface area contributed by atoms with Crippen LogP contribution in [0.1, 0.15) is 84.3 Å². The molecule has 10 atom stereocenters. The van der Waals surface area contributed by atoms with Crippen molar-refractivity contribution in [2.45, 2.75) is 91.1 Å². The Morgan fingerprint density at radius 3 is 2.74 bits per heavy atom. The minimum Gasteiger partial charge on any atom is -0.381 e. The number of nitrogens with zero attached hydrogens (tertiary/aromatic N) is 2. The standard InChI is InChI=1S/C28H42N2O/c1-18(7-8-20-6-5-15-29-30-20)22-9-10-23-21-16-25(31-4)28-17-19(28)11-14-27(28,3)24(21)12-13-26(22,23)2/h5-6,15,18-19,21-25H,7-14,16-17H2,1-4H3/t18-,19-,21+,22-,23+,24+,25?,26-,27-,28?/m1/s1. The number of aryl methyl sites for hydroxylation is 1. The summed E-state index contributed by atoms with van der Waals surface area (Å²) in [4.78, 5) is 0. The van der Waals surface area contributed by atoms with Crippen molar-refractivity contribution in [1.82, 2.24) is 10.2 Å². The van der Waals surface area contributed by atoms with Gasteiger partial charge in [0.05, 0.1) is 11.8 Å². The van der Waals surface area contributed by atoms with E-state index in [1.54, 1.807) is 6.20 Å². The van der Waals surface area contributed by atoms with Crippen LogP contribution in [0.4, 0.5) is 0 Å². The van der Waals surface area contributed by atoms with Crippen LogP contribution < -0.4 is 0 Å². The summed E-state index contributed by atoms with van der Waals surface area (Å²) < 4.78 is 6.29. The van der Waals surface area contributed by atoms with E-state index in [4.69, 9.17) is 4.74 Å². The van der Waals surface area contributed by atoms with Gasteiger partial charge in [-0.05, 0) is 123 Å². The zero-order valence-electron chi connectivity index (χ0n) is 20.1. The summed E-state index contributed by atoms with van der Waals surface area (Å²) in [6, 6.07) is 4.16. The average molecular weight is 423 g/mol. The predicted molar refractivity (Wildman–Crippen MR) is 123 cm³/mol. The van der Waals surface area contributed by atoms with Gasteiger partial charge in [-0.15, -0.1) is 0 Å². The van der Waals surface area contributed by atoms with Crippen molar-refractivity contribution in [3.63, 3.8) is 0 Å². The molecule has 1 heterocycles. The molecule has 0 aromatic carbocycles. The summed E-state index contributed by atoms with van der Waals surface area (Å²) in [7, 11) is 2.02. The molecular weight excluding hydrogens is 380 g/mol. The van der Waals surface area contributed by atoms with E-state index in [2.05, 4.69) is 37.0 Å². The maximum atomic E-state index is 6.29. The molecule has 3 nitrogen and oxygen atoms in total. The Kier molecular flexibility index (Phi) is 4.67. The van der Waals surface area contributed by atoms with Crippen molar-refractivity contribution < 1.29 is 4.74 Å². The molecule has 170 valence electrons. The van der Waals surface area contributed by atoms with E-state index in [0.717, 1.165) is 47.6 Å². The van der Waals surface area contributed by atoms with Gasteiger partial charge in [0.15, 0.2) is 0 Å². The fourth-order valence-corrected chi connectivity index (χ4v) is 10.6. The van der Waals surface area contributed by atoms with Crippen LogP contribution in [0.25, 0.3) is 0 Å². The van der Waals surface area contributed by atoms with Crippen LogP contribution in [0, 0.1) is 51.8 Å². The first-order chi connectivity index (χ1) is 14.9. The Labute approximate surface area is 189 Å². The Bertz CT molecular complexity index is 828. The molecule has 6 rings (SSSR count). The SMILES string of the molecule is COC1C[C@H]2[C@@H]3CC[C@H]([C@H](C)CCc4cccnn4)[C@@]3(C)CC[C@@H]2[C@@]2(C)CC[C@@H]3CC132. The van der Waals surface area contributed by atoms with E-state index in [0.29, 0.717) is 22.3 Å². The van der Waals surface area contributed by atoms with Gasteiger partial charge in [-0.3, -0.25) is 0 Å². The highest BCUT2D eigenvalue weighted by Crippen LogP contribution is 2.82. The van der Waals surface area contributed by atoms with Crippen LogP contribution >= 0.6 is 0 Å². The lowest BCUT2D eigenvalue weighted by molar-refractivity contribution is -0.161. The molecular formula is C28H42N2O. The molecule has 0 N–H and O–H groups in total. The molecule has 0 amide bonds. The average Bonchev–Trinajstić information content (AvgIpc) is 3.29. The summed E-state index contributed by atoms with van der Waals surface area (Å²) in [5.41, 5.74) is 2.80. The van der Waals surface area contributed by atoms with Crippen LogP contribution in [-0.4, -0.2) is 23.4 Å². The Morgan fingerprint density at radius 1 is 1.13 bits per heavy atom. The lowest BCUT2D eigenvalue weighted by Gasteiger charge is -2.61. The third kappa shape index (κ3) is 2.68. The van der Waals surface area contributed by atoms with Crippen molar-refractivity contribution >= 4 is 0 Å². The highest BCUT2D eigenvalue weighted by molar-refractivity contribution is 5.26. The molecule has 1 aromatic heterocycles. The minimum atomic E-state index is 0.529. The van der Waals surface area contributed by atoms with E-state index < -0.39 is 0 Å². The van der Waals surface area contributed by atoms with E-state index in [-0.39, 0.29) is 0 Å². The van der Waals surface area contributed by atoms with E-state index in [1.807, 2.05) is 13.2 Å². The molecule has 1 spiro atoms. The van der Waals surface area contributed by atoms with Gasteiger partial charge < -0.3 is 4.74 Å². The molecule has 5 aliphatic rings. The Morgan fingerprint density at radius 2 is 2.00 bits per heavy atom. The van der Waals surface area contributed by atoms with Gasteiger partial charge in [-0.2, -0.15) is 10.2 Å². The quantitative estimate of drug-likeness (QED) is 0.556. The summed E-state index contributed by atoms with van der Waals surface area (Å²) in [6.07, 6.45) is 16.3. The number of aromatic nitrogens is 2. The van der Waals surface area contributed by atoms with Gasteiger partial charge in [-0.1, -0.05) is 20.8 Å². The van der Waals surface area contributed by atoms with Crippen LogP contribution in [0.3, 0.4) is 0 Å². The minimum absolute atomic E-state index is 0.529. The molecule has 2 unspecified atom stereocenters. The zero-order valence-corrected chi connectivity index (χ0v) is 20.1. The fourth-order valence-electron chi connectivity index (χ4n) is 10.6. The second-order valence-electron chi connectivity index (χ2n) is 12.7. The molecule has 5 saturated carbocycles. The summed E-state index contributed by atoms with van der Waals surface area (Å²) in [6.45, 7) is 7.91. The van der Waals surface area contributed by atoms with Gasteiger partial charge in [-0.25, -0.2) is 0 Å². The van der Waals surface area contributed by atoms with Crippen LogP contribution in [0.2, 0.25) is 0 Å². The van der Waals surface area contributed by atoms with Crippen molar-refractivity contribution in [1.29, 1.82) is 0 Å². The van der Waals surface area contributed by atoms with Crippen LogP contribution in [0.5, 0.6) is 0 Å². The van der Waals surface area contributed by atoms with Gasteiger partial charge >= 0.3 is 0 Å². The lowest BCUT2D eigenvalue weighted by atomic mass is 9.45. The predicted octanol–water partition coefficient (Wildman–Crippen LogP) is 6.33. The molecule has 3 heteroatoms. The molecule has 5 fully saturated rings. The van der Waals surface area contributed by atoms with Crippen LogP contribution in [-0.2, 0) is 11.2 Å². The highest BCUT2D eigenvalue weighted by Gasteiger charge is 2.77. The second kappa shape index (κ2) is 7.02. The lowest BCUT2D eigenvalue weighted by Crippen LogP contribution is -2.57. The monoisotopic (exact) mass is 422 g/mol. The van der Waals surface area contributed by atoms with Crippen LogP contribution in [0.15, 0.2) is 18.3 Å². The first kappa shape index (κ1) is 20.6. The Hall–Kier alpha value is -0.960. The zero-order chi connectivity index (χ0) is 21.4. The number of hydrogen-bond acceptors (Lipinski definition) is 3. The number of hydrogen-bond donors (Lipinski definition) is 0. The molecule has 0 saturated heterocycles. The summed E-state index contributed by atoms with van der Waals surface area (Å²) >= 11 is 0. The largest absolute Gasteiger partial charge is 0.381 e. The van der Waals surface area contributed by atoms with Crippen molar-refractivity contribution in [2.75, 3.05) is 7.11 Å². The van der Waals surface area contributed by atoms with E-state index in [9.17, 15) is 0 Å². The highest BCUT2D eigenvalue weighted by atomic mass is 16.5. The molecule has 0 radical (unpaired) electrons.